The van der Waals surface area contributed by atoms with Gasteiger partial charge in [-0.1, -0.05) is 6.07 Å². The number of amides is 2. The van der Waals surface area contributed by atoms with E-state index in [2.05, 4.69) is 15.6 Å². The molecule has 1 aromatic heterocycles. The van der Waals surface area contributed by atoms with Crippen LogP contribution >= 0.6 is 0 Å². The molecule has 0 radical (unpaired) electrons. The minimum atomic E-state index is -0.256. The highest BCUT2D eigenvalue weighted by molar-refractivity contribution is 5.94. The van der Waals surface area contributed by atoms with E-state index < -0.39 is 0 Å². The highest BCUT2D eigenvalue weighted by atomic mass is 16.5. The van der Waals surface area contributed by atoms with E-state index in [0.29, 0.717) is 18.0 Å². The molecule has 1 aromatic carbocycles. The summed E-state index contributed by atoms with van der Waals surface area (Å²) < 4.78 is 10.9. The van der Waals surface area contributed by atoms with Gasteiger partial charge in [-0.3, -0.25) is 14.6 Å². The monoisotopic (exact) mass is 383 g/mol. The van der Waals surface area contributed by atoms with Crippen molar-refractivity contribution in [3.63, 3.8) is 0 Å². The van der Waals surface area contributed by atoms with E-state index in [1.807, 2.05) is 13.8 Å². The zero-order valence-electron chi connectivity index (χ0n) is 16.4. The smallest absolute Gasteiger partial charge is 0.258 e. The first-order valence-corrected chi connectivity index (χ1v) is 9.27. The van der Waals surface area contributed by atoms with Gasteiger partial charge in [0.1, 0.15) is 11.5 Å². The molecule has 28 heavy (non-hydrogen) atoms. The highest BCUT2D eigenvalue weighted by Crippen LogP contribution is 2.30. The number of aryl methyl sites for hydroxylation is 1. The Morgan fingerprint density at radius 3 is 2.75 bits per heavy atom. The molecule has 0 unspecified atom stereocenters. The van der Waals surface area contributed by atoms with Crippen molar-refractivity contribution in [3.05, 3.63) is 47.3 Å². The second-order valence-electron chi connectivity index (χ2n) is 6.90. The van der Waals surface area contributed by atoms with Gasteiger partial charge in [0.2, 0.25) is 5.91 Å². The zero-order valence-corrected chi connectivity index (χ0v) is 16.4. The van der Waals surface area contributed by atoms with E-state index >= 15 is 0 Å². The van der Waals surface area contributed by atoms with E-state index in [-0.39, 0.29) is 24.3 Å². The normalized spacial score (nSPS) is 13.0. The Bertz CT molecular complexity index is 878. The van der Waals surface area contributed by atoms with Crippen LogP contribution in [0.5, 0.6) is 11.5 Å². The van der Waals surface area contributed by atoms with Crippen LogP contribution in [0.2, 0.25) is 0 Å². The summed E-state index contributed by atoms with van der Waals surface area (Å²) in [5.74, 6) is 1.21. The molecule has 1 fully saturated rings. The maximum atomic E-state index is 12.1. The van der Waals surface area contributed by atoms with Crippen molar-refractivity contribution < 1.29 is 19.1 Å². The molecule has 1 heterocycles. The highest BCUT2D eigenvalue weighted by Gasteiger charge is 2.29. The molecular formula is C21H25N3O4. The van der Waals surface area contributed by atoms with Gasteiger partial charge in [0, 0.05) is 35.0 Å². The van der Waals surface area contributed by atoms with Crippen molar-refractivity contribution in [1.29, 1.82) is 0 Å². The lowest BCUT2D eigenvalue weighted by Gasteiger charge is -2.13. The molecule has 0 aliphatic heterocycles. The molecule has 2 amide bonds. The second kappa shape index (κ2) is 8.73. The van der Waals surface area contributed by atoms with Crippen LogP contribution in [0.3, 0.4) is 0 Å². The largest absolute Gasteiger partial charge is 0.496 e. The molecule has 0 saturated heterocycles. The van der Waals surface area contributed by atoms with Crippen LogP contribution < -0.4 is 20.1 Å². The summed E-state index contributed by atoms with van der Waals surface area (Å²) in [6, 6.07) is 7.04. The number of pyridine rings is 1. The molecule has 1 aliphatic carbocycles. The van der Waals surface area contributed by atoms with Crippen LogP contribution in [0, 0.1) is 19.8 Å². The topological polar surface area (TPSA) is 89.6 Å². The maximum Gasteiger partial charge on any atom is 0.258 e. The third-order valence-corrected chi connectivity index (χ3v) is 4.62. The molecule has 2 aromatic rings. The van der Waals surface area contributed by atoms with Gasteiger partial charge in [0.05, 0.1) is 19.3 Å². The van der Waals surface area contributed by atoms with Crippen LogP contribution in [-0.4, -0.2) is 30.5 Å². The third kappa shape index (κ3) is 5.00. The van der Waals surface area contributed by atoms with Gasteiger partial charge in [-0.15, -0.1) is 0 Å². The molecule has 1 saturated carbocycles. The molecule has 0 bridgehead atoms. The number of nitrogens with zero attached hydrogens (tertiary/aromatic N) is 1. The Labute approximate surface area is 164 Å². The fourth-order valence-corrected chi connectivity index (χ4v) is 2.89. The molecule has 1 aliphatic rings. The van der Waals surface area contributed by atoms with Gasteiger partial charge < -0.3 is 20.1 Å². The summed E-state index contributed by atoms with van der Waals surface area (Å²) in [6.45, 7) is 4.01. The number of rotatable bonds is 8. The van der Waals surface area contributed by atoms with Crippen molar-refractivity contribution in [3.8, 4) is 11.5 Å². The summed E-state index contributed by atoms with van der Waals surface area (Å²) in [5, 5.41) is 5.66. The lowest BCUT2D eigenvalue weighted by atomic mass is 10.1. The molecule has 0 spiro atoms. The second-order valence-corrected chi connectivity index (χ2v) is 6.90. The standard InChI is InChI=1S/C21H25N3O4/c1-13-10-22-18(14(2)20(13)27-3)11-23-19(25)12-28-17-6-4-5-16(9-17)24-21(26)15-7-8-15/h4-6,9-10,15H,7-8,11-12H2,1-3H3,(H,23,25)(H,24,26). The fraction of sp³-hybridized carbons (Fsp3) is 0.381. The zero-order chi connectivity index (χ0) is 20.1. The van der Waals surface area contributed by atoms with Crippen molar-refractivity contribution in [2.75, 3.05) is 19.0 Å². The van der Waals surface area contributed by atoms with Gasteiger partial charge in [0.25, 0.3) is 5.91 Å². The number of benzene rings is 1. The van der Waals surface area contributed by atoms with E-state index in [4.69, 9.17) is 9.47 Å². The predicted molar refractivity (Wildman–Crippen MR) is 105 cm³/mol. The van der Waals surface area contributed by atoms with Gasteiger partial charge >= 0.3 is 0 Å². The van der Waals surface area contributed by atoms with E-state index in [1.165, 1.54) is 0 Å². The molecule has 0 atom stereocenters. The van der Waals surface area contributed by atoms with Crippen molar-refractivity contribution in [2.45, 2.75) is 33.2 Å². The number of aromatic nitrogens is 1. The van der Waals surface area contributed by atoms with E-state index in [0.717, 1.165) is 35.4 Å². The number of anilines is 1. The third-order valence-electron chi connectivity index (χ3n) is 4.62. The molecule has 7 nitrogen and oxygen atoms in total. The molecular weight excluding hydrogens is 358 g/mol. The number of ether oxygens (including phenoxy) is 2. The average Bonchev–Trinajstić information content (AvgIpc) is 3.52. The summed E-state index contributed by atoms with van der Waals surface area (Å²) in [4.78, 5) is 28.3. The summed E-state index contributed by atoms with van der Waals surface area (Å²) in [6.07, 6.45) is 3.62. The first-order chi connectivity index (χ1) is 13.5. The predicted octanol–water partition coefficient (Wildman–Crippen LogP) is 2.75. The summed E-state index contributed by atoms with van der Waals surface area (Å²) in [7, 11) is 1.62. The van der Waals surface area contributed by atoms with Gasteiger partial charge in [-0.25, -0.2) is 0 Å². The number of carbonyl (C=O) groups is 2. The van der Waals surface area contributed by atoms with Crippen molar-refractivity contribution in [2.24, 2.45) is 5.92 Å². The SMILES string of the molecule is COc1c(C)cnc(CNC(=O)COc2cccc(NC(=O)C3CC3)c2)c1C. The quantitative estimate of drug-likeness (QED) is 0.732. The van der Waals surface area contributed by atoms with Crippen LogP contribution in [0.25, 0.3) is 0 Å². The Hall–Kier alpha value is -3.09. The minimum absolute atomic E-state index is 0.0336. The number of methoxy groups -OCH3 is 1. The number of carbonyl (C=O) groups excluding carboxylic acids is 2. The van der Waals surface area contributed by atoms with Gasteiger partial charge in [-0.05, 0) is 38.8 Å². The first kappa shape index (κ1) is 19.7. The van der Waals surface area contributed by atoms with Gasteiger partial charge in [0.15, 0.2) is 6.61 Å². The van der Waals surface area contributed by atoms with E-state index in [9.17, 15) is 9.59 Å². The first-order valence-electron chi connectivity index (χ1n) is 9.27. The molecule has 3 rings (SSSR count). The Morgan fingerprint density at radius 2 is 2.04 bits per heavy atom. The maximum absolute atomic E-state index is 12.1. The number of hydrogen-bond donors (Lipinski definition) is 2. The molecule has 7 heteroatoms. The van der Waals surface area contributed by atoms with Gasteiger partial charge in [-0.2, -0.15) is 0 Å². The number of hydrogen-bond acceptors (Lipinski definition) is 5. The van der Waals surface area contributed by atoms with Crippen LogP contribution in [0.4, 0.5) is 5.69 Å². The lowest BCUT2D eigenvalue weighted by molar-refractivity contribution is -0.123. The lowest BCUT2D eigenvalue weighted by Crippen LogP contribution is -2.29. The minimum Gasteiger partial charge on any atom is -0.496 e. The van der Waals surface area contributed by atoms with Crippen LogP contribution in [-0.2, 0) is 16.1 Å². The van der Waals surface area contributed by atoms with Crippen LogP contribution in [0.1, 0.15) is 29.7 Å². The summed E-state index contributed by atoms with van der Waals surface area (Å²) in [5.41, 5.74) is 3.27. The Kier molecular flexibility index (Phi) is 6.13. The van der Waals surface area contributed by atoms with Crippen LogP contribution in [0.15, 0.2) is 30.5 Å². The van der Waals surface area contributed by atoms with Crippen molar-refractivity contribution >= 4 is 17.5 Å². The Morgan fingerprint density at radius 1 is 1.25 bits per heavy atom. The fourth-order valence-electron chi connectivity index (χ4n) is 2.89. The summed E-state index contributed by atoms with van der Waals surface area (Å²) >= 11 is 0. The molecule has 148 valence electrons. The average molecular weight is 383 g/mol. The number of nitrogens with one attached hydrogen (secondary N) is 2. The Balaban J connectivity index is 1.50. The van der Waals surface area contributed by atoms with Crippen molar-refractivity contribution in [1.82, 2.24) is 10.3 Å². The molecule has 2 N–H and O–H groups in total. The van der Waals surface area contributed by atoms with E-state index in [1.54, 1.807) is 37.6 Å².